The number of piperidine rings is 1. The van der Waals surface area contributed by atoms with Crippen LogP contribution in [0.25, 0.3) is 0 Å². The fourth-order valence-electron chi connectivity index (χ4n) is 2.69. The maximum atomic E-state index is 12.9. The van der Waals surface area contributed by atoms with Crippen LogP contribution in [-0.4, -0.2) is 29.3 Å². The van der Waals surface area contributed by atoms with Gasteiger partial charge in [-0.3, -0.25) is 14.4 Å². The summed E-state index contributed by atoms with van der Waals surface area (Å²) in [6.07, 6.45) is 1.35. The van der Waals surface area contributed by atoms with E-state index in [9.17, 15) is 18.8 Å². The van der Waals surface area contributed by atoms with E-state index in [0.717, 1.165) is 12.0 Å². The molecule has 1 aromatic carbocycles. The van der Waals surface area contributed by atoms with Gasteiger partial charge in [0.25, 0.3) is 0 Å². The number of aromatic nitrogens is 1. The third-order valence-corrected chi connectivity index (χ3v) is 4.93. The second kappa shape index (κ2) is 8.72. The Morgan fingerprint density at radius 2 is 2.07 bits per heavy atom. The fourth-order valence-corrected chi connectivity index (χ4v) is 3.40. The molecule has 3 amide bonds. The Kier molecular flexibility index (Phi) is 6.12. The van der Waals surface area contributed by atoms with Crippen LogP contribution < -0.4 is 16.0 Å². The molecule has 27 heavy (non-hydrogen) atoms. The monoisotopic (exact) mass is 390 g/mol. The second-order valence-corrected chi connectivity index (χ2v) is 7.06. The van der Waals surface area contributed by atoms with Gasteiger partial charge in [0.1, 0.15) is 11.7 Å². The Morgan fingerprint density at radius 3 is 2.81 bits per heavy atom. The molecule has 2 aromatic rings. The van der Waals surface area contributed by atoms with Crippen molar-refractivity contribution < 1.29 is 18.8 Å². The molecule has 7 nitrogen and oxygen atoms in total. The molecule has 1 aliphatic rings. The number of rotatable bonds is 6. The Bertz CT molecular complexity index is 837. The van der Waals surface area contributed by atoms with Gasteiger partial charge in [0.2, 0.25) is 17.7 Å². The number of hydrogen-bond donors (Lipinski definition) is 3. The highest BCUT2D eigenvalue weighted by Gasteiger charge is 2.29. The molecule has 0 spiro atoms. The van der Waals surface area contributed by atoms with E-state index < -0.39 is 5.92 Å². The summed E-state index contributed by atoms with van der Waals surface area (Å²) < 4.78 is 12.9. The van der Waals surface area contributed by atoms with Crippen LogP contribution in [0, 0.1) is 11.7 Å². The van der Waals surface area contributed by atoms with E-state index in [1.807, 2.05) is 0 Å². The van der Waals surface area contributed by atoms with E-state index in [-0.39, 0.29) is 30.0 Å². The Balaban J connectivity index is 1.48. The van der Waals surface area contributed by atoms with Crippen LogP contribution in [-0.2, 0) is 27.3 Å². The number of carbonyl (C=O) groups is 3. The lowest BCUT2D eigenvalue weighted by Crippen LogP contribution is -2.42. The maximum absolute atomic E-state index is 12.9. The molecule has 3 N–H and O–H groups in total. The number of nitrogens with zero attached hydrogens (tertiary/aromatic N) is 1. The van der Waals surface area contributed by atoms with Gasteiger partial charge < -0.3 is 16.0 Å². The van der Waals surface area contributed by atoms with E-state index in [1.165, 1.54) is 23.5 Å². The minimum atomic E-state index is -0.704. The Morgan fingerprint density at radius 1 is 1.30 bits per heavy atom. The topological polar surface area (TPSA) is 100 Å². The van der Waals surface area contributed by atoms with Gasteiger partial charge in [-0.25, -0.2) is 9.37 Å². The maximum Gasteiger partial charge on any atom is 0.238 e. The van der Waals surface area contributed by atoms with Gasteiger partial charge >= 0.3 is 0 Å². The molecule has 1 aromatic heterocycles. The van der Waals surface area contributed by atoms with Gasteiger partial charge in [-0.2, -0.15) is 0 Å². The zero-order valence-electron chi connectivity index (χ0n) is 14.5. The van der Waals surface area contributed by atoms with E-state index in [0.29, 0.717) is 30.3 Å². The van der Waals surface area contributed by atoms with Crippen LogP contribution in [0.4, 0.5) is 9.52 Å². The van der Waals surface area contributed by atoms with Crippen molar-refractivity contribution in [2.24, 2.45) is 5.92 Å². The van der Waals surface area contributed by atoms with Crippen molar-refractivity contribution in [2.75, 3.05) is 11.9 Å². The van der Waals surface area contributed by atoms with Crippen molar-refractivity contribution in [2.45, 2.75) is 25.8 Å². The smallest absolute Gasteiger partial charge is 0.238 e. The van der Waals surface area contributed by atoms with Crippen LogP contribution in [0.3, 0.4) is 0 Å². The Labute approximate surface area is 159 Å². The SMILES string of the molecule is O=C(Cc1csc(NC(=O)C2CCCNC2=O)n1)NCc1ccc(F)cc1. The van der Waals surface area contributed by atoms with Gasteiger partial charge in [-0.15, -0.1) is 11.3 Å². The highest BCUT2D eigenvalue weighted by molar-refractivity contribution is 7.13. The number of carbonyl (C=O) groups excluding carboxylic acids is 3. The average Bonchev–Trinajstić information content (AvgIpc) is 3.08. The highest BCUT2D eigenvalue weighted by Crippen LogP contribution is 2.19. The normalized spacial score (nSPS) is 16.5. The van der Waals surface area contributed by atoms with Crippen LogP contribution >= 0.6 is 11.3 Å². The zero-order chi connectivity index (χ0) is 19.2. The molecule has 1 fully saturated rings. The van der Waals surface area contributed by atoms with Crippen molar-refractivity contribution in [1.29, 1.82) is 0 Å². The summed E-state index contributed by atoms with van der Waals surface area (Å²) in [7, 11) is 0. The summed E-state index contributed by atoms with van der Waals surface area (Å²) in [5.41, 5.74) is 1.32. The number of hydrogen-bond acceptors (Lipinski definition) is 5. The van der Waals surface area contributed by atoms with E-state index >= 15 is 0 Å². The molecular weight excluding hydrogens is 371 g/mol. The van der Waals surface area contributed by atoms with Gasteiger partial charge in [0.15, 0.2) is 5.13 Å². The van der Waals surface area contributed by atoms with E-state index in [1.54, 1.807) is 17.5 Å². The molecule has 1 saturated heterocycles. The summed E-state index contributed by atoms with van der Waals surface area (Å²) in [4.78, 5) is 40.1. The lowest BCUT2D eigenvalue weighted by Gasteiger charge is -2.20. The van der Waals surface area contributed by atoms with Gasteiger partial charge in [0, 0.05) is 18.5 Å². The van der Waals surface area contributed by atoms with Crippen molar-refractivity contribution in [3.8, 4) is 0 Å². The number of benzene rings is 1. The van der Waals surface area contributed by atoms with Crippen LogP contribution in [0.1, 0.15) is 24.1 Å². The molecule has 1 atom stereocenters. The average molecular weight is 390 g/mol. The first kappa shape index (κ1) is 19.0. The number of amides is 3. The zero-order valence-corrected chi connectivity index (χ0v) is 15.3. The van der Waals surface area contributed by atoms with Crippen LogP contribution in [0.5, 0.6) is 0 Å². The van der Waals surface area contributed by atoms with Crippen molar-refractivity contribution in [1.82, 2.24) is 15.6 Å². The number of thiazole rings is 1. The van der Waals surface area contributed by atoms with Gasteiger partial charge in [-0.1, -0.05) is 12.1 Å². The van der Waals surface area contributed by atoms with Crippen LogP contribution in [0.15, 0.2) is 29.6 Å². The fraction of sp³-hybridized carbons (Fsp3) is 0.333. The molecule has 1 unspecified atom stereocenters. The minimum Gasteiger partial charge on any atom is -0.355 e. The molecule has 9 heteroatoms. The molecule has 3 rings (SSSR count). The number of halogens is 1. The second-order valence-electron chi connectivity index (χ2n) is 6.20. The summed E-state index contributed by atoms with van der Waals surface area (Å²) in [6, 6.07) is 5.88. The van der Waals surface area contributed by atoms with Crippen LogP contribution in [0.2, 0.25) is 0 Å². The predicted octanol–water partition coefficient (Wildman–Crippen LogP) is 1.61. The molecule has 2 heterocycles. The van der Waals surface area contributed by atoms with Gasteiger partial charge in [0.05, 0.1) is 12.1 Å². The summed E-state index contributed by atoms with van der Waals surface area (Å²) >= 11 is 1.20. The molecule has 0 saturated carbocycles. The first-order valence-corrected chi connectivity index (χ1v) is 9.43. The molecule has 1 aliphatic heterocycles. The van der Waals surface area contributed by atoms with Crippen molar-refractivity contribution in [3.05, 3.63) is 46.7 Å². The third kappa shape index (κ3) is 5.33. The van der Waals surface area contributed by atoms with Crippen molar-refractivity contribution >= 4 is 34.2 Å². The van der Waals surface area contributed by atoms with Gasteiger partial charge in [-0.05, 0) is 30.5 Å². The van der Waals surface area contributed by atoms with E-state index in [4.69, 9.17) is 0 Å². The Hall–Kier alpha value is -2.81. The highest BCUT2D eigenvalue weighted by atomic mass is 32.1. The van der Waals surface area contributed by atoms with Crippen molar-refractivity contribution in [3.63, 3.8) is 0 Å². The lowest BCUT2D eigenvalue weighted by molar-refractivity contribution is -0.134. The van der Waals surface area contributed by atoms with E-state index in [2.05, 4.69) is 20.9 Å². The largest absolute Gasteiger partial charge is 0.355 e. The summed E-state index contributed by atoms with van der Waals surface area (Å²) in [5, 5.41) is 10.1. The lowest BCUT2D eigenvalue weighted by atomic mass is 9.98. The molecule has 0 bridgehead atoms. The first-order valence-electron chi connectivity index (χ1n) is 8.55. The predicted molar refractivity (Wildman–Crippen MR) is 98.4 cm³/mol. The quantitative estimate of drug-likeness (QED) is 0.653. The molecule has 0 radical (unpaired) electrons. The minimum absolute atomic E-state index is 0.0669. The summed E-state index contributed by atoms with van der Waals surface area (Å²) in [6.45, 7) is 0.890. The third-order valence-electron chi connectivity index (χ3n) is 4.13. The number of nitrogens with one attached hydrogen (secondary N) is 3. The molecule has 142 valence electrons. The molecule has 0 aliphatic carbocycles. The number of anilines is 1. The summed E-state index contributed by atoms with van der Waals surface area (Å²) in [5.74, 6) is -1.91. The molecular formula is C18H19FN4O3S. The standard InChI is InChI=1S/C18H19FN4O3S/c19-12-5-3-11(4-6-12)9-21-15(24)8-13-10-27-18(22-13)23-17(26)14-2-1-7-20-16(14)25/h3-6,10,14H,1-2,7-9H2,(H,20,25)(H,21,24)(H,22,23,26). The first-order chi connectivity index (χ1) is 13.0.